The molecule has 3 rings (SSSR count). The van der Waals surface area contributed by atoms with Gasteiger partial charge in [-0.3, -0.25) is 19.2 Å². The molecule has 1 aliphatic carbocycles. The Morgan fingerprint density at radius 1 is 0.566 bits per heavy atom. The van der Waals surface area contributed by atoms with Gasteiger partial charge in [0.25, 0.3) is 0 Å². The number of ketones is 2. The summed E-state index contributed by atoms with van der Waals surface area (Å²) < 4.78 is 0. The zero-order valence-electron chi connectivity index (χ0n) is 33.8. The maximum Gasteiger partial charge on any atom is 0.221 e. The second-order valence-electron chi connectivity index (χ2n) is 15.8. The van der Waals surface area contributed by atoms with Crippen LogP contribution in [0.4, 0.5) is 11.4 Å². The van der Waals surface area contributed by atoms with Crippen LogP contribution in [0, 0.1) is 10.8 Å². The quantitative estimate of drug-likeness (QED) is 0.127. The van der Waals surface area contributed by atoms with Gasteiger partial charge in [0.15, 0.2) is 0 Å². The summed E-state index contributed by atoms with van der Waals surface area (Å²) in [6.45, 7) is 16.7. The van der Waals surface area contributed by atoms with Crippen LogP contribution in [0.3, 0.4) is 0 Å². The zero-order chi connectivity index (χ0) is 40.0. The van der Waals surface area contributed by atoms with Gasteiger partial charge in [0, 0.05) is 64.5 Å². The van der Waals surface area contributed by atoms with Crippen LogP contribution in [-0.2, 0) is 35.2 Å². The summed E-state index contributed by atoms with van der Waals surface area (Å²) in [5.41, 5.74) is 4.17. The molecule has 0 aliphatic heterocycles. The first-order valence-electron chi connectivity index (χ1n) is 19.0. The largest absolute Gasteiger partial charge is 0.356 e. The van der Waals surface area contributed by atoms with E-state index in [1.54, 1.807) is 27.7 Å². The van der Waals surface area contributed by atoms with Crippen LogP contribution in [0.25, 0.3) is 0 Å². The van der Waals surface area contributed by atoms with Gasteiger partial charge >= 0.3 is 0 Å². The van der Waals surface area contributed by atoms with Crippen molar-refractivity contribution in [3.8, 4) is 0 Å². The highest BCUT2D eigenvalue weighted by Gasteiger charge is 2.41. The third-order valence-corrected chi connectivity index (χ3v) is 8.88. The van der Waals surface area contributed by atoms with Crippen molar-refractivity contribution < 1.29 is 28.8 Å². The minimum Gasteiger partial charge on any atom is -0.356 e. The minimum atomic E-state index is -0.0729. The maximum atomic E-state index is 11.2. The minimum absolute atomic E-state index is 0.00989. The van der Waals surface area contributed by atoms with Crippen LogP contribution in [0.2, 0.25) is 0 Å². The zero-order valence-corrected chi connectivity index (χ0v) is 33.8. The summed E-state index contributed by atoms with van der Waals surface area (Å²) in [6, 6.07) is 15.8. The van der Waals surface area contributed by atoms with Crippen molar-refractivity contribution in [1.82, 2.24) is 10.6 Å². The van der Waals surface area contributed by atoms with E-state index in [0.717, 1.165) is 86.7 Å². The third kappa shape index (κ3) is 23.8. The Bertz CT molecular complexity index is 1390. The Labute approximate surface area is 318 Å². The lowest BCUT2D eigenvalue weighted by molar-refractivity contribution is -0.122. The Kier molecular flexibility index (Phi) is 21.2. The number of hydrogen-bond donors (Lipinski definition) is 4. The molecule has 2 aromatic carbocycles. The number of Topliss-reactive ketones (excluding diaryl/α,β-unsaturated/α-hetero) is 2. The SMILES string of the molecule is CC(=O)CCCCCCCCC(C)=O.CC(=O)NCC1(C)CC(NC(C)=O)CC(C)(C)C1.CC(=O)Nc1ccc(Cc2ccc(NC(C)=O)cc2)cc1. The molecule has 10 heteroatoms. The molecule has 0 heterocycles. The number of benzene rings is 2. The fourth-order valence-corrected chi connectivity index (χ4v) is 7.00. The van der Waals surface area contributed by atoms with E-state index in [1.807, 2.05) is 48.5 Å². The molecule has 4 amide bonds. The number of nitrogens with one attached hydrogen (secondary N) is 4. The fourth-order valence-electron chi connectivity index (χ4n) is 7.00. The molecule has 4 N–H and O–H groups in total. The first kappa shape index (κ1) is 46.7. The average Bonchev–Trinajstić information content (AvgIpc) is 3.02. The van der Waals surface area contributed by atoms with E-state index in [-0.39, 0.29) is 40.5 Å². The number of amides is 4. The Hall–Kier alpha value is -4.34. The third-order valence-electron chi connectivity index (χ3n) is 8.88. The number of anilines is 2. The second kappa shape index (κ2) is 24.1. The van der Waals surface area contributed by atoms with E-state index >= 15 is 0 Å². The van der Waals surface area contributed by atoms with Crippen LogP contribution >= 0.6 is 0 Å². The van der Waals surface area contributed by atoms with Gasteiger partial charge in [-0.1, -0.05) is 70.7 Å². The van der Waals surface area contributed by atoms with E-state index in [4.69, 9.17) is 0 Å². The molecule has 0 aromatic heterocycles. The van der Waals surface area contributed by atoms with Gasteiger partial charge in [-0.2, -0.15) is 0 Å². The summed E-state index contributed by atoms with van der Waals surface area (Å²) in [6.07, 6.45) is 12.0. The molecule has 1 saturated carbocycles. The second-order valence-corrected chi connectivity index (χ2v) is 15.8. The van der Waals surface area contributed by atoms with Gasteiger partial charge in [-0.15, -0.1) is 0 Å². The number of rotatable bonds is 16. The molecule has 10 nitrogen and oxygen atoms in total. The maximum absolute atomic E-state index is 11.2. The monoisotopic (exact) mass is 734 g/mol. The lowest BCUT2D eigenvalue weighted by Gasteiger charge is -2.46. The van der Waals surface area contributed by atoms with Crippen molar-refractivity contribution in [2.75, 3.05) is 17.2 Å². The Morgan fingerprint density at radius 2 is 0.981 bits per heavy atom. The molecule has 0 saturated heterocycles. The van der Waals surface area contributed by atoms with E-state index in [2.05, 4.69) is 42.0 Å². The van der Waals surface area contributed by atoms with Gasteiger partial charge < -0.3 is 30.9 Å². The summed E-state index contributed by atoms with van der Waals surface area (Å²) in [5.74, 6) is 0.478. The molecule has 2 aromatic rings. The molecule has 0 bridgehead atoms. The van der Waals surface area contributed by atoms with Gasteiger partial charge in [-0.05, 0) is 98.6 Å². The number of carbonyl (C=O) groups excluding carboxylic acids is 6. The van der Waals surface area contributed by atoms with E-state index < -0.39 is 0 Å². The Morgan fingerprint density at radius 3 is 1.34 bits per heavy atom. The molecule has 1 fully saturated rings. The van der Waals surface area contributed by atoms with Gasteiger partial charge in [-0.25, -0.2) is 0 Å². The Balaban J connectivity index is 0.000000407. The predicted octanol–water partition coefficient (Wildman–Crippen LogP) is 8.32. The summed E-state index contributed by atoms with van der Waals surface area (Å²) in [5, 5.41) is 11.4. The van der Waals surface area contributed by atoms with Gasteiger partial charge in [0.05, 0.1) is 0 Å². The van der Waals surface area contributed by atoms with Crippen LogP contribution in [0.15, 0.2) is 48.5 Å². The predicted molar refractivity (Wildman–Crippen MR) is 215 cm³/mol. The standard InChI is InChI=1S/C17H18N2O2.C14H26N2O2.C12H22O2/c1-12(20)18-16-7-3-14(4-8-16)11-15-5-9-17(10-6-15)19-13(2)21;1-10(17)15-9-14(5)7-12(16-11(2)18)6-13(3,4)8-14;1-11(13)9-7-5-3-4-6-8-10-12(2)14/h3-10H,11H2,1-2H3,(H,18,20)(H,19,21);12H,6-9H2,1-5H3,(H,15,17)(H,16,18);3-10H2,1-2H3. The molecular formula is C43H66N4O6. The molecule has 2 atom stereocenters. The number of carbonyl (C=O) groups is 6. The summed E-state index contributed by atoms with van der Waals surface area (Å²) >= 11 is 0. The highest BCUT2D eigenvalue weighted by Crippen LogP contribution is 2.45. The van der Waals surface area contributed by atoms with Crippen molar-refractivity contribution >= 4 is 46.6 Å². The van der Waals surface area contributed by atoms with E-state index in [9.17, 15) is 28.8 Å². The molecular weight excluding hydrogens is 668 g/mol. The van der Waals surface area contributed by atoms with Crippen LogP contribution in [-0.4, -0.2) is 47.8 Å². The van der Waals surface area contributed by atoms with E-state index in [0.29, 0.717) is 18.1 Å². The molecule has 0 spiro atoms. The molecule has 0 radical (unpaired) electrons. The van der Waals surface area contributed by atoms with Crippen molar-refractivity contribution in [3.63, 3.8) is 0 Å². The topological polar surface area (TPSA) is 151 Å². The van der Waals surface area contributed by atoms with Crippen molar-refractivity contribution in [3.05, 3.63) is 59.7 Å². The lowest BCUT2D eigenvalue weighted by Crippen LogP contribution is -2.49. The van der Waals surface area contributed by atoms with Crippen LogP contribution in [0.1, 0.15) is 144 Å². The highest BCUT2D eigenvalue weighted by atomic mass is 16.2. The molecule has 53 heavy (non-hydrogen) atoms. The first-order chi connectivity index (χ1) is 24.8. The smallest absolute Gasteiger partial charge is 0.221 e. The van der Waals surface area contributed by atoms with Crippen molar-refractivity contribution in [2.24, 2.45) is 10.8 Å². The normalized spacial score (nSPS) is 17.0. The van der Waals surface area contributed by atoms with Crippen LogP contribution < -0.4 is 21.3 Å². The van der Waals surface area contributed by atoms with Gasteiger partial charge in [0.1, 0.15) is 11.6 Å². The highest BCUT2D eigenvalue weighted by molar-refractivity contribution is 5.89. The first-order valence-corrected chi connectivity index (χ1v) is 19.0. The molecule has 2 unspecified atom stereocenters. The number of hydrogen-bond acceptors (Lipinski definition) is 6. The fraction of sp³-hybridized carbons (Fsp3) is 0.581. The number of unbranched alkanes of at least 4 members (excludes halogenated alkanes) is 5. The molecule has 294 valence electrons. The summed E-state index contributed by atoms with van der Waals surface area (Å²) in [4.78, 5) is 65.4. The van der Waals surface area contributed by atoms with Crippen molar-refractivity contribution in [2.45, 2.75) is 145 Å². The summed E-state index contributed by atoms with van der Waals surface area (Å²) in [7, 11) is 0. The van der Waals surface area contributed by atoms with Gasteiger partial charge in [0.2, 0.25) is 23.6 Å². The van der Waals surface area contributed by atoms with Crippen molar-refractivity contribution in [1.29, 1.82) is 0 Å². The lowest BCUT2D eigenvalue weighted by atomic mass is 9.62. The van der Waals surface area contributed by atoms with E-state index in [1.165, 1.54) is 26.7 Å². The average molecular weight is 735 g/mol. The van der Waals surface area contributed by atoms with Crippen LogP contribution in [0.5, 0.6) is 0 Å². The molecule has 1 aliphatic rings.